The van der Waals surface area contributed by atoms with Gasteiger partial charge in [-0.05, 0) is 0 Å². The normalized spacial score (nSPS) is 10.3. The minimum Gasteiger partial charge on any atom is -0.505 e. The molecular formula is C6H2Cl3FO2. The molecule has 0 aliphatic carbocycles. The molecule has 6 heteroatoms. The molecule has 0 amide bonds. The second-order valence-corrected chi connectivity index (χ2v) is 3.09. The number of hydrogen-bond acceptors (Lipinski definition) is 2. The van der Waals surface area contributed by atoms with Gasteiger partial charge in [-0.15, -0.1) is 0 Å². The largest absolute Gasteiger partial charge is 0.505 e. The van der Waals surface area contributed by atoms with Crippen molar-refractivity contribution >= 4 is 34.8 Å². The molecule has 0 unspecified atom stereocenters. The number of halogens is 4. The van der Waals surface area contributed by atoms with Crippen LogP contribution in [0.4, 0.5) is 4.39 Å². The van der Waals surface area contributed by atoms with E-state index in [1.54, 1.807) is 0 Å². The zero-order valence-corrected chi connectivity index (χ0v) is 7.67. The zero-order valence-electron chi connectivity index (χ0n) is 5.41. The molecular weight excluding hydrogens is 229 g/mol. The maximum Gasteiger partial charge on any atom is 0.188 e. The number of phenols is 2. The molecule has 66 valence electrons. The molecule has 1 rings (SSSR count). The van der Waals surface area contributed by atoms with Crippen LogP contribution in [0.15, 0.2) is 0 Å². The van der Waals surface area contributed by atoms with Crippen molar-refractivity contribution in [1.82, 2.24) is 0 Å². The topological polar surface area (TPSA) is 40.5 Å². The maximum absolute atomic E-state index is 12.7. The Bertz CT molecular complexity index is 235. The summed E-state index contributed by atoms with van der Waals surface area (Å²) in [4.78, 5) is 0. The van der Waals surface area contributed by atoms with Crippen molar-refractivity contribution in [3.63, 3.8) is 0 Å². The lowest BCUT2D eigenvalue weighted by Gasteiger charge is -2.05. The van der Waals surface area contributed by atoms with Gasteiger partial charge in [0.25, 0.3) is 0 Å². The van der Waals surface area contributed by atoms with Crippen LogP contribution in [0.1, 0.15) is 0 Å². The third-order valence-corrected chi connectivity index (χ3v) is 2.39. The summed E-state index contributed by atoms with van der Waals surface area (Å²) in [6.07, 6.45) is 0. The molecule has 0 aromatic heterocycles. The Morgan fingerprint density at radius 2 is 1.25 bits per heavy atom. The van der Waals surface area contributed by atoms with Crippen LogP contribution in [0.3, 0.4) is 0 Å². The van der Waals surface area contributed by atoms with E-state index in [-0.39, 0.29) is 5.02 Å². The smallest absolute Gasteiger partial charge is 0.188 e. The minimum atomic E-state index is -1.19. The second kappa shape index (κ2) is 3.17. The Kier molecular flexibility index (Phi) is 2.56. The fourth-order valence-electron chi connectivity index (χ4n) is 0.609. The Morgan fingerprint density at radius 1 is 0.833 bits per heavy atom. The number of aromatic hydroxyl groups is 2. The Balaban J connectivity index is 3.60. The molecule has 0 heterocycles. The number of rotatable bonds is 0. The van der Waals surface area contributed by atoms with Gasteiger partial charge in [0, 0.05) is 0 Å². The van der Waals surface area contributed by atoms with Crippen LogP contribution >= 0.6 is 34.8 Å². The van der Waals surface area contributed by atoms with E-state index < -0.39 is 27.4 Å². The molecule has 2 N–H and O–H groups in total. The second-order valence-electron chi connectivity index (χ2n) is 1.95. The monoisotopic (exact) mass is 230 g/mol. The van der Waals surface area contributed by atoms with E-state index in [1.807, 2.05) is 0 Å². The number of phenolic OH excluding ortho intramolecular Hbond substituents is 2. The molecule has 0 aliphatic rings. The van der Waals surface area contributed by atoms with Gasteiger partial charge in [-0.3, -0.25) is 0 Å². The lowest BCUT2D eigenvalue weighted by Crippen LogP contribution is -1.83. The van der Waals surface area contributed by atoms with Crippen molar-refractivity contribution < 1.29 is 14.6 Å². The fourth-order valence-corrected chi connectivity index (χ4v) is 1.20. The van der Waals surface area contributed by atoms with Gasteiger partial charge >= 0.3 is 0 Å². The van der Waals surface area contributed by atoms with E-state index in [0.717, 1.165) is 0 Å². The third kappa shape index (κ3) is 1.28. The van der Waals surface area contributed by atoms with Crippen molar-refractivity contribution in [1.29, 1.82) is 0 Å². The van der Waals surface area contributed by atoms with E-state index in [0.29, 0.717) is 0 Å². The van der Waals surface area contributed by atoms with Crippen LogP contribution in [0.25, 0.3) is 0 Å². The molecule has 2 nitrogen and oxygen atoms in total. The van der Waals surface area contributed by atoms with Gasteiger partial charge in [0.2, 0.25) is 0 Å². The highest BCUT2D eigenvalue weighted by atomic mass is 35.5. The molecule has 0 saturated carbocycles. The first-order valence-corrected chi connectivity index (χ1v) is 3.84. The Hall–Kier alpha value is -0.380. The van der Waals surface area contributed by atoms with E-state index >= 15 is 0 Å². The van der Waals surface area contributed by atoms with Crippen molar-refractivity contribution in [3.05, 3.63) is 20.9 Å². The molecule has 0 aliphatic heterocycles. The van der Waals surface area contributed by atoms with E-state index in [4.69, 9.17) is 45.0 Å². The number of benzene rings is 1. The first-order valence-electron chi connectivity index (χ1n) is 2.70. The summed E-state index contributed by atoms with van der Waals surface area (Å²) in [5.74, 6) is -2.74. The van der Waals surface area contributed by atoms with Crippen LogP contribution in [0.2, 0.25) is 15.1 Å². The Morgan fingerprint density at radius 3 is 1.75 bits per heavy atom. The van der Waals surface area contributed by atoms with Gasteiger partial charge in [-0.2, -0.15) is 0 Å². The first kappa shape index (κ1) is 9.71. The van der Waals surface area contributed by atoms with Crippen molar-refractivity contribution in [3.8, 4) is 11.5 Å². The van der Waals surface area contributed by atoms with Crippen LogP contribution in [0.5, 0.6) is 11.5 Å². The van der Waals surface area contributed by atoms with Crippen LogP contribution in [-0.2, 0) is 0 Å². The Labute approximate surface area is 82.1 Å². The summed E-state index contributed by atoms with van der Waals surface area (Å²) < 4.78 is 12.7. The highest BCUT2D eigenvalue weighted by Crippen LogP contribution is 2.45. The average molecular weight is 231 g/mol. The van der Waals surface area contributed by atoms with Gasteiger partial charge in [-0.25, -0.2) is 4.39 Å². The summed E-state index contributed by atoms with van der Waals surface area (Å²) in [6, 6.07) is 0. The lowest BCUT2D eigenvalue weighted by molar-refractivity contribution is 0.422. The quantitative estimate of drug-likeness (QED) is 0.532. The van der Waals surface area contributed by atoms with Crippen LogP contribution in [0, 0.1) is 5.82 Å². The third-order valence-electron chi connectivity index (χ3n) is 1.22. The summed E-state index contributed by atoms with van der Waals surface area (Å²) >= 11 is 15.9. The summed E-state index contributed by atoms with van der Waals surface area (Å²) in [7, 11) is 0. The summed E-state index contributed by atoms with van der Waals surface area (Å²) in [6.45, 7) is 0. The molecule has 1 aromatic rings. The van der Waals surface area contributed by atoms with E-state index in [1.165, 1.54) is 0 Å². The SMILES string of the molecule is Oc1c(F)c(Cl)c(O)c(Cl)c1Cl. The first-order chi connectivity index (χ1) is 5.46. The summed E-state index contributed by atoms with van der Waals surface area (Å²) in [5, 5.41) is 16.4. The van der Waals surface area contributed by atoms with Crippen molar-refractivity contribution in [2.45, 2.75) is 0 Å². The molecule has 0 spiro atoms. The lowest BCUT2D eigenvalue weighted by atomic mass is 10.3. The van der Waals surface area contributed by atoms with Crippen LogP contribution < -0.4 is 0 Å². The van der Waals surface area contributed by atoms with Crippen LogP contribution in [-0.4, -0.2) is 10.2 Å². The summed E-state index contributed by atoms with van der Waals surface area (Å²) in [5.41, 5.74) is 0. The van der Waals surface area contributed by atoms with E-state index in [9.17, 15) is 4.39 Å². The standard InChI is InChI=1S/C6H2Cl3FO2/c7-1-2(8)6(12)4(10)3(9)5(1)11/h11-12H. The molecule has 0 radical (unpaired) electrons. The molecule has 12 heavy (non-hydrogen) atoms. The molecule has 0 fully saturated rings. The van der Waals surface area contributed by atoms with Gasteiger partial charge in [0.05, 0.1) is 0 Å². The highest BCUT2D eigenvalue weighted by molar-refractivity contribution is 6.45. The van der Waals surface area contributed by atoms with Gasteiger partial charge < -0.3 is 10.2 Å². The van der Waals surface area contributed by atoms with Crippen molar-refractivity contribution in [2.75, 3.05) is 0 Å². The van der Waals surface area contributed by atoms with Gasteiger partial charge in [0.1, 0.15) is 15.1 Å². The molecule has 1 aromatic carbocycles. The van der Waals surface area contributed by atoms with Gasteiger partial charge in [-0.1, -0.05) is 34.8 Å². The molecule has 0 atom stereocenters. The van der Waals surface area contributed by atoms with Crippen molar-refractivity contribution in [2.24, 2.45) is 0 Å². The number of hydrogen-bond donors (Lipinski definition) is 2. The van der Waals surface area contributed by atoms with Gasteiger partial charge in [0.15, 0.2) is 17.3 Å². The molecule has 0 saturated heterocycles. The average Bonchev–Trinajstić information content (AvgIpc) is 2.08. The van der Waals surface area contributed by atoms with E-state index in [2.05, 4.69) is 0 Å². The minimum absolute atomic E-state index is 0.374. The highest BCUT2D eigenvalue weighted by Gasteiger charge is 2.20. The predicted molar refractivity (Wildman–Crippen MR) is 44.8 cm³/mol. The molecule has 0 bridgehead atoms. The fraction of sp³-hybridized carbons (Fsp3) is 0. The maximum atomic E-state index is 12.7. The predicted octanol–water partition coefficient (Wildman–Crippen LogP) is 3.20. The zero-order chi connectivity index (χ0) is 9.46.